The van der Waals surface area contributed by atoms with E-state index in [2.05, 4.69) is 15.3 Å². The van der Waals surface area contributed by atoms with Crippen molar-refractivity contribution in [1.82, 2.24) is 9.97 Å². The predicted molar refractivity (Wildman–Crippen MR) is 78.1 cm³/mol. The van der Waals surface area contributed by atoms with Crippen LogP contribution in [0, 0.1) is 0 Å². The third-order valence-corrected chi connectivity index (χ3v) is 3.72. The van der Waals surface area contributed by atoms with E-state index in [0.717, 1.165) is 36.9 Å². The van der Waals surface area contributed by atoms with Crippen LogP contribution in [0.15, 0.2) is 30.6 Å². The second kappa shape index (κ2) is 5.59. The summed E-state index contributed by atoms with van der Waals surface area (Å²) < 4.78 is 0. The van der Waals surface area contributed by atoms with E-state index in [-0.39, 0.29) is 5.91 Å². The van der Waals surface area contributed by atoms with E-state index in [0.29, 0.717) is 16.4 Å². The molecule has 1 heterocycles. The standard InChI is InChI=1S/C15H14ClN3O/c16-11-7-5-10(6-8-11)15(20)19-14-12-3-1-2-4-13(12)17-9-18-14/h5-9H,1-4H2,(H,17,18,19,20). The molecule has 1 aliphatic rings. The minimum atomic E-state index is -0.173. The lowest BCUT2D eigenvalue weighted by Gasteiger charge is -2.17. The van der Waals surface area contributed by atoms with E-state index in [4.69, 9.17) is 11.6 Å². The molecular formula is C15H14ClN3O. The minimum Gasteiger partial charge on any atom is -0.306 e. The summed E-state index contributed by atoms with van der Waals surface area (Å²) in [6, 6.07) is 6.80. The van der Waals surface area contributed by atoms with E-state index >= 15 is 0 Å². The maximum atomic E-state index is 12.2. The number of carbonyl (C=O) groups excluding carboxylic acids is 1. The number of nitrogens with one attached hydrogen (secondary N) is 1. The number of aromatic nitrogens is 2. The van der Waals surface area contributed by atoms with Gasteiger partial charge in [-0.3, -0.25) is 4.79 Å². The number of amides is 1. The smallest absolute Gasteiger partial charge is 0.256 e. The highest BCUT2D eigenvalue weighted by Gasteiger charge is 2.17. The number of rotatable bonds is 2. The van der Waals surface area contributed by atoms with Crippen molar-refractivity contribution in [2.24, 2.45) is 0 Å². The van der Waals surface area contributed by atoms with Crippen LogP contribution in [0.25, 0.3) is 0 Å². The highest BCUT2D eigenvalue weighted by molar-refractivity contribution is 6.30. The third-order valence-electron chi connectivity index (χ3n) is 3.46. The Morgan fingerprint density at radius 2 is 1.85 bits per heavy atom. The molecule has 5 heteroatoms. The Bertz CT molecular complexity index is 640. The molecule has 20 heavy (non-hydrogen) atoms. The Morgan fingerprint density at radius 1 is 1.10 bits per heavy atom. The Balaban J connectivity index is 1.84. The van der Waals surface area contributed by atoms with Crippen LogP contribution in [-0.2, 0) is 12.8 Å². The fraction of sp³-hybridized carbons (Fsp3) is 0.267. The van der Waals surface area contributed by atoms with Crippen LogP contribution >= 0.6 is 11.6 Å². The fourth-order valence-electron chi connectivity index (χ4n) is 2.41. The van der Waals surface area contributed by atoms with Gasteiger partial charge in [0.15, 0.2) is 0 Å². The molecule has 1 amide bonds. The molecule has 0 saturated carbocycles. The van der Waals surface area contributed by atoms with Crippen molar-refractivity contribution in [3.8, 4) is 0 Å². The number of hydrogen-bond donors (Lipinski definition) is 1. The molecule has 4 nitrogen and oxygen atoms in total. The van der Waals surface area contributed by atoms with Crippen molar-refractivity contribution in [3.05, 3.63) is 52.4 Å². The van der Waals surface area contributed by atoms with Gasteiger partial charge in [0.05, 0.1) is 0 Å². The second-order valence-corrected chi connectivity index (χ2v) is 5.25. The first-order chi connectivity index (χ1) is 9.74. The largest absolute Gasteiger partial charge is 0.306 e. The number of halogens is 1. The highest BCUT2D eigenvalue weighted by atomic mass is 35.5. The first kappa shape index (κ1) is 13.1. The summed E-state index contributed by atoms with van der Waals surface area (Å²) in [5.41, 5.74) is 2.69. The van der Waals surface area contributed by atoms with Crippen LogP contribution in [-0.4, -0.2) is 15.9 Å². The van der Waals surface area contributed by atoms with Gasteiger partial charge in [-0.1, -0.05) is 11.6 Å². The first-order valence-electron chi connectivity index (χ1n) is 6.64. The summed E-state index contributed by atoms with van der Waals surface area (Å²) in [7, 11) is 0. The van der Waals surface area contributed by atoms with Gasteiger partial charge in [-0.05, 0) is 49.9 Å². The van der Waals surface area contributed by atoms with Crippen molar-refractivity contribution in [2.45, 2.75) is 25.7 Å². The van der Waals surface area contributed by atoms with Gasteiger partial charge in [0, 0.05) is 21.8 Å². The van der Waals surface area contributed by atoms with Gasteiger partial charge >= 0.3 is 0 Å². The number of hydrogen-bond acceptors (Lipinski definition) is 3. The zero-order valence-corrected chi connectivity index (χ0v) is 11.7. The first-order valence-corrected chi connectivity index (χ1v) is 7.01. The maximum absolute atomic E-state index is 12.2. The second-order valence-electron chi connectivity index (χ2n) is 4.82. The van der Waals surface area contributed by atoms with Crippen molar-refractivity contribution < 1.29 is 4.79 Å². The summed E-state index contributed by atoms with van der Waals surface area (Å²) in [6.45, 7) is 0. The molecule has 0 aliphatic heterocycles. The highest BCUT2D eigenvalue weighted by Crippen LogP contribution is 2.24. The summed E-state index contributed by atoms with van der Waals surface area (Å²) in [6.07, 6.45) is 5.66. The molecule has 1 N–H and O–H groups in total. The molecule has 102 valence electrons. The molecule has 3 rings (SSSR count). The monoisotopic (exact) mass is 287 g/mol. The van der Waals surface area contributed by atoms with E-state index < -0.39 is 0 Å². The number of anilines is 1. The summed E-state index contributed by atoms with van der Waals surface area (Å²) >= 11 is 5.82. The summed E-state index contributed by atoms with van der Waals surface area (Å²) in [5.74, 6) is 0.461. The Hall–Kier alpha value is -1.94. The normalized spacial score (nSPS) is 13.7. The number of nitrogens with zero attached hydrogens (tertiary/aromatic N) is 2. The number of benzene rings is 1. The average Bonchev–Trinajstić information content (AvgIpc) is 2.48. The molecule has 1 aromatic heterocycles. The van der Waals surface area contributed by atoms with E-state index in [9.17, 15) is 4.79 Å². The lowest BCUT2D eigenvalue weighted by Crippen LogP contribution is -2.17. The molecule has 0 spiro atoms. The quantitative estimate of drug-likeness (QED) is 0.922. The molecule has 1 aromatic carbocycles. The van der Waals surface area contributed by atoms with Crippen molar-refractivity contribution in [3.63, 3.8) is 0 Å². The molecule has 0 radical (unpaired) electrons. The topological polar surface area (TPSA) is 54.9 Å². The van der Waals surface area contributed by atoms with Crippen LogP contribution in [0.2, 0.25) is 5.02 Å². The van der Waals surface area contributed by atoms with Gasteiger partial charge in [-0.25, -0.2) is 9.97 Å². The molecular weight excluding hydrogens is 274 g/mol. The zero-order valence-electron chi connectivity index (χ0n) is 10.9. The van der Waals surface area contributed by atoms with E-state index in [1.165, 1.54) is 6.33 Å². The van der Waals surface area contributed by atoms with Crippen LogP contribution in [0.1, 0.15) is 34.5 Å². The van der Waals surface area contributed by atoms with Gasteiger partial charge in [0.1, 0.15) is 12.1 Å². The van der Waals surface area contributed by atoms with Crippen LogP contribution < -0.4 is 5.32 Å². The molecule has 1 aliphatic carbocycles. The summed E-state index contributed by atoms with van der Waals surface area (Å²) in [5, 5.41) is 3.48. The molecule has 0 unspecified atom stereocenters. The summed E-state index contributed by atoms with van der Waals surface area (Å²) in [4.78, 5) is 20.7. The van der Waals surface area contributed by atoms with Crippen molar-refractivity contribution in [2.75, 3.05) is 5.32 Å². The molecule has 0 saturated heterocycles. The van der Waals surface area contributed by atoms with Gasteiger partial charge in [-0.15, -0.1) is 0 Å². The fourth-order valence-corrected chi connectivity index (χ4v) is 2.54. The Labute approximate surface area is 122 Å². The van der Waals surface area contributed by atoms with Crippen LogP contribution in [0.5, 0.6) is 0 Å². The van der Waals surface area contributed by atoms with Crippen LogP contribution in [0.3, 0.4) is 0 Å². The maximum Gasteiger partial charge on any atom is 0.256 e. The molecule has 0 atom stereocenters. The number of carbonyl (C=O) groups is 1. The number of aryl methyl sites for hydroxylation is 1. The average molecular weight is 288 g/mol. The predicted octanol–water partition coefficient (Wildman–Crippen LogP) is 3.26. The lowest BCUT2D eigenvalue weighted by atomic mass is 9.96. The lowest BCUT2D eigenvalue weighted by molar-refractivity contribution is 0.102. The van der Waals surface area contributed by atoms with Crippen LogP contribution in [0.4, 0.5) is 5.82 Å². The Morgan fingerprint density at radius 3 is 2.65 bits per heavy atom. The van der Waals surface area contributed by atoms with Gasteiger partial charge in [-0.2, -0.15) is 0 Å². The number of fused-ring (bicyclic) bond motifs is 1. The van der Waals surface area contributed by atoms with E-state index in [1.54, 1.807) is 24.3 Å². The molecule has 0 fully saturated rings. The molecule has 0 bridgehead atoms. The van der Waals surface area contributed by atoms with Crippen molar-refractivity contribution >= 4 is 23.3 Å². The van der Waals surface area contributed by atoms with E-state index in [1.807, 2.05) is 0 Å². The van der Waals surface area contributed by atoms with Crippen molar-refractivity contribution in [1.29, 1.82) is 0 Å². The van der Waals surface area contributed by atoms with Gasteiger partial charge in [0.2, 0.25) is 0 Å². The Kier molecular flexibility index (Phi) is 3.65. The molecule has 2 aromatic rings. The zero-order chi connectivity index (χ0) is 13.9. The minimum absolute atomic E-state index is 0.173. The SMILES string of the molecule is O=C(Nc1ncnc2c1CCCC2)c1ccc(Cl)cc1. The van der Waals surface area contributed by atoms with Gasteiger partial charge < -0.3 is 5.32 Å². The van der Waals surface area contributed by atoms with Gasteiger partial charge in [0.25, 0.3) is 5.91 Å². The third kappa shape index (κ3) is 2.65.